The molecular formula is C19H25IN4O2. The van der Waals surface area contributed by atoms with Crippen LogP contribution in [0.2, 0.25) is 0 Å². The van der Waals surface area contributed by atoms with Crippen molar-refractivity contribution in [1.82, 2.24) is 15.3 Å². The van der Waals surface area contributed by atoms with Crippen LogP contribution in [0.5, 0.6) is 0 Å². The maximum atomic E-state index is 11.6. The molecule has 2 unspecified atom stereocenters. The van der Waals surface area contributed by atoms with E-state index in [0.29, 0.717) is 0 Å². The zero-order valence-electron chi connectivity index (χ0n) is 15.6. The van der Waals surface area contributed by atoms with Gasteiger partial charge in [0, 0.05) is 32.5 Å². The van der Waals surface area contributed by atoms with E-state index in [0.717, 1.165) is 39.8 Å². The lowest BCUT2D eigenvalue weighted by molar-refractivity contribution is 0.0621. The molecule has 0 spiro atoms. The van der Waals surface area contributed by atoms with Gasteiger partial charge >= 0.3 is 6.09 Å². The van der Waals surface area contributed by atoms with Crippen LogP contribution in [0.15, 0.2) is 24.4 Å². The van der Waals surface area contributed by atoms with Gasteiger partial charge in [-0.25, -0.2) is 9.78 Å². The molecule has 0 saturated carbocycles. The molecule has 1 amide bonds. The number of alkyl carbamates (subject to hydrolysis) is 1. The second kappa shape index (κ2) is 7.54. The number of anilines is 1. The Hall–Kier alpha value is -1.64. The third-order valence-electron chi connectivity index (χ3n) is 4.85. The Kier molecular flexibility index (Phi) is 5.55. The van der Waals surface area contributed by atoms with E-state index in [2.05, 4.69) is 69.6 Å². The molecule has 1 saturated heterocycles. The van der Waals surface area contributed by atoms with E-state index in [4.69, 9.17) is 4.74 Å². The molecule has 7 heteroatoms. The molecule has 0 aliphatic carbocycles. The van der Waals surface area contributed by atoms with Gasteiger partial charge in [0.05, 0.1) is 22.9 Å². The Morgan fingerprint density at radius 1 is 1.35 bits per heavy atom. The van der Waals surface area contributed by atoms with E-state index < -0.39 is 0 Å². The monoisotopic (exact) mass is 468 g/mol. The van der Waals surface area contributed by atoms with Crippen LogP contribution in [-0.2, 0) is 4.74 Å². The van der Waals surface area contributed by atoms with Gasteiger partial charge in [-0.2, -0.15) is 0 Å². The van der Waals surface area contributed by atoms with Crippen molar-refractivity contribution in [3.63, 3.8) is 0 Å². The Labute approximate surface area is 167 Å². The van der Waals surface area contributed by atoms with Gasteiger partial charge < -0.3 is 15.0 Å². The lowest BCUT2D eigenvalue weighted by Gasteiger charge is -2.46. The lowest BCUT2D eigenvalue weighted by atomic mass is 9.79. The average Bonchev–Trinajstić information content (AvgIpc) is 2.60. The number of hydrogen-bond acceptors (Lipinski definition) is 5. The Balaban J connectivity index is 1.89. The molecule has 26 heavy (non-hydrogen) atoms. The average molecular weight is 468 g/mol. The summed E-state index contributed by atoms with van der Waals surface area (Å²) in [6.07, 6.45) is 3.10. The Morgan fingerprint density at radius 3 is 2.81 bits per heavy atom. The number of nitrogens with zero attached hydrogens (tertiary/aromatic N) is 3. The Bertz CT molecular complexity index is 806. The van der Waals surface area contributed by atoms with E-state index >= 15 is 0 Å². The Morgan fingerprint density at radius 2 is 2.12 bits per heavy atom. The van der Waals surface area contributed by atoms with Crippen LogP contribution in [0, 0.1) is 9.12 Å². The fourth-order valence-corrected chi connectivity index (χ4v) is 3.95. The molecule has 2 atom stereocenters. The van der Waals surface area contributed by atoms with Crippen LogP contribution in [-0.4, -0.2) is 41.8 Å². The largest absolute Gasteiger partial charge is 0.446 e. The molecule has 1 fully saturated rings. The van der Waals surface area contributed by atoms with Crippen molar-refractivity contribution >= 4 is 45.4 Å². The second-order valence-electron chi connectivity index (χ2n) is 7.74. The van der Waals surface area contributed by atoms with Crippen LogP contribution < -0.4 is 10.2 Å². The quantitative estimate of drug-likeness (QED) is 0.534. The van der Waals surface area contributed by atoms with Gasteiger partial charge in [0.1, 0.15) is 9.80 Å². The molecule has 0 aromatic carbocycles. The number of carbonyl (C=O) groups excluding carboxylic acids is 1. The molecule has 1 N–H and O–H groups in total. The second-order valence-corrected chi connectivity index (χ2v) is 8.85. The highest BCUT2D eigenvalue weighted by Gasteiger charge is 2.38. The minimum absolute atomic E-state index is 0.0399. The number of rotatable bonds is 2. The van der Waals surface area contributed by atoms with Crippen molar-refractivity contribution < 1.29 is 9.53 Å². The number of nitrogens with one attached hydrogen (secondary N) is 1. The molecular weight excluding hydrogens is 443 g/mol. The molecule has 6 nitrogen and oxygen atoms in total. The summed E-state index contributed by atoms with van der Waals surface area (Å²) in [4.78, 5) is 23.2. The predicted molar refractivity (Wildman–Crippen MR) is 111 cm³/mol. The molecule has 1 aliphatic heterocycles. The summed E-state index contributed by atoms with van der Waals surface area (Å²) in [6, 6.07) is 6.32. The van der Waals surface area contributed by atoms with Gasteiger partial charge in [0.15, 0.2) is 0 Å². The van der Waals surface area contributed by atoms with Gasteiger partial charge in [-0.1, -0.05) is 20.8 Å². The van der Waals surface area contributed by atoms with Gasteiger partial charge in [0.2, 0.25) is 0 Å². The van der Waals surface area contributed by atoms with Crippen LogP contribution in [0.25, 0.3) is 11.0 Å². The van der Waals surface area contributed by atoms with Crippen LogP contribution in [0.4, 0.5) is 10.5 Å². The first-order valence-electron chi connectivity index (χ1n) is 8.85. The van der Waals surface area contributed by atoms with E-state index in [1.165, 1.54) is 0 Å². The number of aromatic nitrogens is 2. The minimum Gasteiger partial charge on any atom is -0.446 e. The standard InChI is InChI=1S/C19H25IN4O2/c1-19(2,3)16-10-13(26-18(25)21-4)7-8-24(16)12-9-15-14(22-11-12)5-6-17(20)23-15/h5-6,9,11,13,16H,7-8,10H2,1-4H3,(H,21,25). The third-order valence-corrected chi connectivity index (χ3v) is 5.45. The van der Waals surface area contributed by atoms with Gasteiger partial charge in [0.25, 0.3) is 0 Å². The highest BCUT2D eigenvalue weighted by Crippen LogP contribution is 2.36. The zero-order chi connectivity index (χ0) is 18.9. The van der Waals surface area contributed by atoms with Gasteiger partial charge in [-0.15, -0.1) is 0 Å². The summed E-state index contributed by atoms with van der Waals surface area (Å²) in [5.41, 5.74) is 2.92. The normalized spacial score (nSPS) is 20.9. The van der Waals surface area contributed by atoms with Crippen molar-refractivity contribution in [3.8, 4) is 0 Å². The molecule has 0 bridgehead atoms. The molecule has 2 aromatic heterocycles. The number of carbonyl (C=O) groups is 1. The van der Waals surface area contributed by atoms with E-state index in [1.807, 2.05) is 18.3 Å². The SMILES string of the molecule is CNC(=O)OC1CCN(c2cnc3ccc(I)nc3c2)C(C(C)(C)C)C1. The molecule has 140 valence electrons. The van der Waals surface area contributed by atoms with Gasteiger partial charge in [-0.05, 0) is 46.2 Å². The van der Waals surface area contributed by atoms with E-state index in [9.17, 15) is 4.79 Å². The number of pyridine rings is 2. The first-order valence-corrected chi connectivity index (χ1v) is 9.93. The van der Waals surface area contributed by atoms with Crippen molar-refractivity contribution in [2.75, 3.05) is 18.5 Å². The summed E-state index contributed by atoms with van der Waals surface area (Å²) in [5.74, 6) is 0. The van der Waals surface area contributed by atoms with Crippen molar-refractivity contribution in [2.45, 2.75) is 45.8 Å². The first kappa shape index (κ1) is 19.1. The fraction of sp³-hybridized carbons (Fsp3) is 0.526. The number of fused-ring (bicyclic) bond motifs is 1. The maximum Gasteiger partial charge on any atom is 0.407 e. The van der Waals surface area contributed by atoms with Gasteiger partial charge in [-0.3, -0.25) is 4.98 Å². The predicted octanol–water partition coefficient (Wildman–Crippen LogP) is 3.97. The number of piperidine rings is 1. The highest BCUT2D eigenvalue weighted by atomic mass is 127. The summed E-state index contributed by atoms with van der Waals surface area (Å²) < 4.78 is 6.49. The smallest absolute Gasteiger partial charge is 0.407 e. The summed E-state index contributed by atoms with van der Waals surface area (Å²) in [5, 5.41) is 2.54. The molecule has 3 heterocycles. The van der Waals surface area contributed by atoms with E-state index in [-0.39, 0.29) is 23.7 Å². The number of ether oxygens (including phenoxy) is 1. The summed E-state index contributed by atoms with van der Waals surface area (Å²) in [6.45, 7) is 7.49. The summed E-state index contributed by atoms with van der Waals surface area (Å²) >= 11 is 2.22. The molecule has 2 aromatic rings. The number of halogens is 1. The molecule has 1 aliphatic rings. The van der Waals surface area contributed by atoms with Crippen molar-refractivity contribution in [1.29, 1.82) is 0 Å². The topological polar surface area (TPSA) is 67.3 Å². The van der Waals surface area contributed by atoms with Crippen LogP contribution in [0.3, 0.4) is 0 Å². The van der Waals surface area contributed by atoms with Crippen molar-refractivity contribution in [3.05, 3.63) is 28.1 Å². The minimum atomic E-state index is -0.359. The zero-order valence-corrected chi connectivity index (χ0v) is 17.8. The van der Waals surface area contributed by atoms with Crippen molar-refractivity contribution in [2.24, 2.45) is 5.41 Å². The number of hydrogen-bond donors (Lipinski definition) is 1. The first-order chi connectivity index (χ1) is 12.3. The van der Waals surface area contributed by atoms with Crippen LogP contribution in [0.1, 0.15) is 33.6 Å². The fourth-order valence-electron chi connectivity index (χ4n) is 3.51. The number of amides is 1. The lowest BCUT2D eigenvalue weighted by Crippen LogP contribution is -2.52. The highest BCUT2D eigenvalue weighted by molar-refractivity contribution is 14.1. The third kappa shape index (κ3) is 4.19. The van der Waals surface area contributed by atoms with Crippen LogP contribution >= 0.6 is 22.6 Å². The molecule has 3 rings (SSSR count). The maximum absolute atomic E-state index is 11.6. The molecule has 0 radical (unpaired) electrons. The summed E-state index contributed by atoms with van der Waals surface area (Å²) in [7, 11) is 1.59. The van der Waals surface area contributed by atoms with E-state index in [1.54, 1.807) is 7.05 Å².